The van der Waals surface area contributed by atoms with E-state index in [1.807, 2.05) is 36.4 Å². The highest BCUT2D eigenvalue weighted by Crippen LogP contribution is 2.40. The molecule has 0 fully saturated rings. The topological polar surface area (TPSA) is 79.6 Å². The van der Waals surface area contributed by atoms with Crippen molar-refractivity contribution in [2.45, 2.75) is 12.6 Å². The average Bonchev–Trinajstić information content (AvgIpc) is 3.19. The number of nitrogens with zero attached hydrogens (tertiary/aromatic N) is 2. The fourth-order valence-corrected chi connectivity index (χ4v) is 5.30. The smallest absolute Gasteiger partial charge is 0.351 e. The predicted molar refractivity (Wildman–Crippen MR) is 133 cm³/mol. The van der Waals surface area contributed by atoms with E-state index in [-0.39, 0.29) is 11.1 Å². The molecule has 0 aliphatic carbocycles. The molecule has 0 saturated heterocycles. The number of carboxylic acids is 1. The molecule has 5 rings (SSSR count). The first-order valence-electron chi connectivity index (χ1n) is 9.36. The molecule has 0 saturated carbocycles. The zero-order valence-corrected chi connectivity index (χ0v) is 20.4. The van der Waals surface area contributed by atoms with E-state index >= 15 is 0 Å². The lowest BCUT2D eigenvalue weighted by atomic mass is 10.1. The van der Waals surface area contributed by atoms with Crippen molar-refractivity contribution in [1.29, 1.82) is 0 Å². The fraction of sp³-hybridized carbons (Fsp3) is 0.0870. The molecule has 8 heteroatoms. The molecule has 4 aromatic rings. The first-order valence-corrected chi connectivity index (χ1v) is 11.5. The molecule has 154 valence electrons. The van der Waals surface area contributed by atoms with Crippen molar-refractivity contribution >= 4 is 84.8 Å². The van der Waals surface area contributed by atoms with Gasteiger partial charge in [0.15, 0.2) is 0 Å². The van der Waals surface area contributed by atoms with E-state index in [1.165, 1.54) is 6.92 Å². The Balaban J connectivity index is 1.88. The van der Waals surface area contributed by atoms with Crippen LogP contribution in [-0.4, -0.2) is 32.4 Å². The highest BCUT2D eigenvalue weighted by Gasteiger charge is 2.53. The highest BCUT2D eigenvalue weighted by molar-refractivity contribution is 14.1. The van der Waals surface area contributed by atoms with Crippen molar-refractivity contribution in [3.8, 4) is 0 Å². The number of aromatic nitrogens is 1. The quantitative estimate of drug-likeness (QED) is 0.252. The largest absolute Gasteiger partial charge is 0.478 e. The maximum Gasteiger partial charge on any atom is 0.351 e. The molecule has 6 nitrogen and oxygen atoms in total. The number of carbonyl (C=O) groups is 3. The van der Waals surface area contributed by atoms with Crippen LogP contribution in [0.3, 0.4) is 0 Å². The predicted octanol–water partition coefficient (Wildman–Crippen LogP) is 5.06. The zero-order chi connectivity index (χ0) is 22.1. The second-order valence-electron chi connectivity index (χ2n) is 7.48. The second-order valence-corrected chi connectivity index (χ2v) is 9.97. The number of hydrogen-bond donors (Lipinski definition) is 1. The summed E-state index contributed by atoms with van der Waals surface area (Å²) in [7, 11) is 0. The molecule has 1 atom stereocenters. The molecule has 31 heavy (non-hydrogen) atoms. The molecule has 3 aromatic carbocycles. The van der Waals surface area contributed by atoms with E-state index in [2.05, 4.69) is 45.2 Å². The van der Waals surface area contributed by atoms with Crippen LogP contribution in [0.15, 0.2) is 60.7 Å². The minimum Gasteiger partial charge on any atom is -0.478 e. The van der Waals surface area contributed by atoms with E-state index in [9.17, 15) is 19.5 Å². The van der Waals surface area contributed by atoms with Gasteiger partial charge in [0.25, 0.3) is 11.8 Å². The summed E-state index contributed by atoms with van der Waals surface area (Å²) in [5.41, 5.74) is -0.264. The van der Waals surface area contributed by atoms with Gasteiger partial charge in [0, 0.05) is 17.9 Å². The van der Waals surface area contributed by atoms with Crippen molar-refractivity contribution < 1.29 is 19.5 Å². The van der Waals surface area contributed by atoms with Crippen LogP contribution in [0.5, 0.6) is 0 Å². The third-order valence-corrected chi connectivity index (χ3v) is 7.10. The van der Waals surface area contributed by atoms with Gasteiger partial charge in [-0.2, -0.15) is 0 Å². The number of imide groups is 1. The summed E-state index contributed by atoms with van der Waals surface area (Å²) >= 11 is 4.42. The van der Waals surface area contributed by atoms with Crippen LogP contribution in [-0.2, 0) is 10.5 Å². The Kier molecular flexibility index (Phi) is 4.63. The van der Waals surface area contributed by atoms with Gasteiger partial charge >= 0.3 is 5.97 Å². The van der Waals surface area contributed by atoms with Crippen LogP contribution >= 0.6 is 45.2 Å². The van der Waals surface area contributed by atoms with Gasteiger partial charge in [-0.15, -0.1) is 0 Å². The molecule has 2 heterocycles. The molecule has 2 amide bonds. The van der Waals surface area contributed by atoms with Crippen LogP contribution in [0.25, 0.3) is 21.8 Å². The molecule has 0 spiro atoms. The summed E-state index contributed by atoms with van der Waals surface area (Å²) in [5.74, 6) is -2.52. The standard InChI is InChI=1S/C23H14I2N2O4/c1-23(22(30)31,27-20(28)14-4-2-3-5-15(14)21(27)29)26-18-8-6-12(24)10-16(18)17-11-13(25)7-9-19(17)26/h2-11H,1H3,(H,30,31). The number of fused-ring (bicyclic) bond motifs is 4. The Morgan fingerprint density at radius 1 is 0.839 bits per heavy atom. The van der Waals surface area contributed by atoms with E-state index in [1.54, 1.807) is 28.8 Å². The number of carboxylic acid groups (broad SMARTS) is 1. The van der Waals surface area contributed by atoms with Crippen LogP contribution in [0.4, 0.5) is 0 Å². The first kappa shape index (κ1) is 20.4. The minimum absolute atomic E-state index is 0.213. The van der Waals surface area contributed by atoms with Gasteiger partial charge in [0.2, 0.25) is 5.66 Å². The Bertz CT molecular complexity index is 1360. The Morgan fingerprint density at radius 2 is 1.29 bits per heavy atom. The first-order chi connectivity index (χ1) is 14.7. The van der Waals surface area contributed by atoms with Crippen molar-refractivity contribution in [2.75, 3.05) is 0 Å². The van der Waals surface area contributed by atoms with Crippen molar-refractivity contribution in [3.05, 3.63) is 78.9 Å². The monoisotopic (exact) mass is 636 g/mol. The Morgan fingerprint density at radius 3 is 1.71 bits per heavy atom. The van der Waals surface area contributed by atoms with Crippen LogP contribution in [0, 0.1) is 7.14 Å². The zero-order valence-electron chi connectivity index (χ0n) is 16.1. The van der Waals surface area contributed by atoms with Gasteiger partial charge < -0.3 is 9.67 Å². The lowest BCUT2D eigenvalue weighted by Gasteiger charge is -2.36. The lowest BCUT2D eigenvalue weighted by Crippen LogP contribution is -2.56. The summed E-state index contributed by atoms with van der Waals surface area (Å²) in [6.07, 6.45) is 0. The highest BCUT2D eigenvalue weighted by atomic mass is 127. The summed E-state index contributed by atoms with van der Waals surface area (Å²) in [6.45, 7) is 1.41. The molecule has 1 aliphatic heterocycles. The number of hydrogen-bond acceptors (Lipinski definition) is 3. The molecule has 1 N–H and O–H groups in total. The number of carbonyl (C=O) groups excluding carboxylic acids is 2. The molecular formula is C23H14I2N2O4. The van der Waals surface area contributed by atoms with Gasteiger partial charge in [-0.05, 0) is 101 Å². The van der Waals surface area contributed by atoms with Crippen molar-refractivity contribution in [3.63, 3.8) is 0 Å². The molecule has 1 unspecified atom stereocenters. The van der Waals surface area contributed by atoms with Crippen LogP contribution in [0.2, 0.25) is 0 Å². The molecule has 1 aromatic heterocycles. The molecular weight excluding hydrogens is 622 g/mol. The summed E-state index contributed by atoms with van der Waals surface area (Å²) in [4.78, 5) is 40.2. The maximum atomic E-state index is 13.3. The van der Waals surface area contributed by atoms with Gasteiger partial charge in [0.1, 0.15) is 0 Å². The van der Waals surface area contributed by atoms with E-state index in [0.717, 1.165) is 22.8 Å². The van der Waals surface area contributed by atoms with E-state index < -0.39 is 23.4 Å². The number of benzene rings is 3. The summed E-state index contributed by atoms with van der Waals surface area (Å²) < 4.78 is 3.59. The van der Waals surface area contributed by atoms with Crippen molar-refractivity contribution in [1.82, 2.24) is 9.47 Å². The second kappa shape index (κ2) is 7.02. The number of rotatable bonds is 3. The maximum absolute atomic E-state index is 13.3. The normalized spacial score (nSPS) is 15.5. The third kappa shape index (κ3) is 2.77. The number of aliphatic carboxylic acids is 1. The van der Waals surface area contributed by atoms with Gasteiger partial charge in [-0.3, -0.25) is 9.59 Å². The lowest BCUT2D eigenvalue weighted by molar-refractivity contribution is -0.152. The summed E-state index contributed by atoms with van der Waals surface area (Å²) in [6, 6.07) is 17.8. The van der Waals surface area contributed by atoms with Gasteiger partial charge in [-0.1, -0.05) is 12.1 Å². The van der Waals surface area contributed by atoms with E-state index in [4.69, 9.17) is 0 Å². The van der Waals surface area contributed by atoms with Crippen LogP contribution < -0.4 is 0 Å². The Hall–Kier alpha value is -2.47. The van der Waals surface area contributed by atoms with E-state index in [0.29, 0.717) is 11.0 Å². The Labute approximate surface area is 204 Å². The number of amides is 2. The molecule has 0 radical (unpaired) electrons. The third-order valence-electron chi connectivity index (χ3n) is 5.76. The van der Waals surface area contributed by atoms with Gasteiger partial charge in [-0.25, -0.2) is 9.69 Å². The minimum atomic E-state index is -1.97. The molecule has 1 aliphatic rings. The average molecular weight is 636 g/mol. The SMILES string of the molecule is CC(C(=O)O)(N1C(=O)c2ccccc2C1=O)n1c2ccc(I)cc2c2cc(I)ccc21. The fourth-order valence-electron chi connectivity index (χ4n) is 4.31. The number of halogens is 2. The summed E-state index contributed by atoms with van der Waals surface area (Å²) in [5, 5.41) is 12.2. The molecule has 0 bridgehead atoms. The van der Waals surface area contributed by atoms with Crippen molar-refractivity contribution in [2.24, 2.45) is 0 Å². The van der Waals surface area contributed by atoms with Crippen LogP contribution in [0.1, 0.15) is 27.6 Å². The van der Waals surface area contributed by atoms with Gasteiger partial charge in [0.05, 0.1) is 22.2 Å².